The molecule has 0 aliphatic carbocycles. The predicted octanol–water partition coefficient (Wildman–Crippen LogP) is 3.07. The Morgan fingerprint density at radius 2 is 2.04 bits per heavy atom. The summed E-state index contributed by atoms with van der Waals surface area (Å²) in [6.07, 6.45) is 3.67. The first-order chi connectivity index (χ1) is 11.8. The number of aliphatic hydroxyl groups excluding tert-OH is 1. The van der Waals surface area contributed by atoms with Crippen LogP contribution in [0.4, 0.5) is 0 Å². The van der Waals surface area contributed by atoms with E-state index in [1.165, 1.54) is 0 Å². The van der Waals surface area contributed by atoms with Crippen molar-refractivity contribution in [3.05, 3.63) is 17.8 Å². The molecule has 1 heterocycles. The van der Waals surface area contributed by atoms with E-state index in [4.69, 9.17) is 4.42 Å². The average molecular weight is 353 g/mol. The fraction of sp³-hybridized carbons (Fsp3) is 0.789. The Morgan fingerprint density at radius 1 is 1.32 bits per heavy atom. The van der Waals surface area contributed by atoms with Gasteiger partial charge < -0.3 is 20.2 Å². The van der Waals surface area contributed by atoms with Crippen LogP contribution >= 0.6 is 0 Å². The highest BCUT2D eigenvalue weighted by Gasteiger charge is 2.19. The SMILES string of the molecule is CCNC(=NCc1ncc(C(C)(C)C)o1)NCC(CCO)CC(C)C. The molecule has 25 heavy (non-hydrogen) atoms. The van der Waals surface area contributed by atoms with Crippen molar-refractivity contribution in [1.82, 2.24) is 15.6 Å². The molecule has 1 aromatic rings. The summed E-state index contributed by atoms with van der Waals surface area (Å²) in [6.45, 7) is 15.0. The lowest BCUT2D eigenvalue weighted by Crippen LogP contribution is -2.40. The fourth-order valence-corrected chi connectivity index (χ4v) is 2.61. The highest BCUT2D eigenvalue weighted by molar-refractivity contribution is 5.79. The predicted molar refractivity (Wildman–Crippen MR) is 103 cm³/mol. The lowest BCUT2D eigenvalue weighted by atomic mass is 9.94. The molecule has 0 radical (unpaired) electrons. The molecule has 144 valence electrons. The minimum Gasteiger partial charge on any atom is -0.443 e. The molecule has 0 aliphatic rings. The Labute approximate surface area is 152 Å². The summed E-state index contributed by atoms with van der Waals surface area (Å²) in [5.41, 5.74) is -0.0495. The van der Waals surface area contributed by atoms with E-state index in [-0.39, 0.29) is 12.0 Å². The van der Waals surface area contributed by atoms with Gasteiger partial charge >= 0.3 is 0 Å². The smallest absolute Gasteiger partial charge is 0.216 e. The van der Waals surface area contributed by atoms with Crippen LogP contribution in [-0.2, 0) is 12.0 Å². The Morgan fingerprint density at radius 3 is 2.56 bits per heavy atom. The zero-order chi connectivity index (χ0) is 18.9. The number of guanidine groups is 1. The molecule has 6 heteroatoms. The Balaban J connectivity index is 2.65. The van der Waals surface area contributed by atoms with Gasteiger partial charge in [0.1, 0.15) is 12.3 Å². The van der Waals surface area contributed by atoms with Gasteiger partial charge in [-0.3, -0.25) is 0 Å². The number of rotatable bonds is 9. The summed E-state index contributed by atoms with van der Waals surface area (Å²) >= 11 is 0. The highest BCUT2D eigenvalue weighted by Crippen LogP contribution is 2.22. The molecule has 0 aliphatic heterocycles. The normalized spacial score (nSPS) is 14.0. The van der Waals surface area contributed by atoms with Gasteiger partial charge in [0.2, 0.25) is 5.89 Å². The van der Waals surface area contributed by atoms with Crippen LogP contribution in [-0.4, -0.2) is 35.7 Å². The van der Waals surface area contributed by atoms with E-state index in [1.54, 1.807) is 6.20 Å². The Hall–Kier alpha value is -1.56. The van der Waals surface area contributed by atoms with E-state index in [1.807, 2.05) is 6.92 Å². The van der Waals surface area contributed by atoms with Gasteiger partial charge in [0, 0.05) is 25.1 Å². The van der Waals surface area contributed by atoms with Crippen LogP contribution in [0, 0.1) is 11.8 Å². The molecule has 1 aromatic heterocycles. The van der Waals surface area contributed by atoms with Gasteiger partial charge in [-0.05, 0) is 31.6 Å². The monoisotopic (exact) mass is 352 g/mol. The lowest BCUT2D eigenvalue weighted by Gasteiger charge is -2.20. The third kappa shape index (κ3) is 8.38. The first-order valence-corrected chi connectivity index (χ1v) is 9.34. The fourth-order valence-electron chi connectivity index (χ4n) is 2.61. The zero-order valence-electron chi connectivity index (χ0n) is 16.7. The molecule has 0 saturated heterocycles. The van der Waals surface area contributed by atoms with Crippen LogP contribution in [0.2, 0.25) is 0 Å². The van der Waals surface area contributed by atoms with E-state index in [2.05, 4.69) is 55.2 Å². The molecule has 1 atom stereocenters. The Kier molecular flexibility index (Phi) is 8.97. The van der Waals surface area contributed by atoms with Gasteiger partial charge in [-0.15, -0.1) is 0 Å². The molecule has 0 saturated carbocycles. The summed E-state index contributed by atoms with van der Waals surface area (Å²) in [5.74, 6) is 3.29. The molecule has 1 rings (SSSR count). The van der Waals surface area contributed by atoms with Gasteiger partial charge in [-0.1, -0.05) is 34.6 Å². The molecule has 0 amide bonds. The second-order valence-electron chi connectivity index (χ2n) is 7.95. The minimum atomic E-state index is -0.0495. The standard InChI is InChI=1S/C19H36N4O2/c1-7-20-18(22-11-15(8-9-24)10-14(2)3)23-13-17-21-12-16(25-17)19(4,5)6/h12,14-15,24H,7-11,13H2,1-6H3,(H2,20,22,23). The number of hydrogen-bond donors (Lipinski definition) is 3. The number of aromatic nitrogens is 1. The maximum atomic E-state index is 9.24. The van der Waals surface area contributed by atoms with E-state index in [0.717, 1.165) is 37.7 Å². The molecule has 6 nitrogen and oxygen atoms in total. The van der Waals surface area contributed by atoms with Crippen LogP contribution in [0.15, 0.2) is 15.6 Å². The first kappa shape index (κ1) is 21.5. The Bertz CT molecular complexity index is 518. The summed E-state index contributed by atoms with van der Waals surface area (Å²) in [7, 11) is 0. The van der Waals surface area contributed by atoms with Crippen molar-refractivity contribution in [2.24, 2.45) is 16.8 Å². The van der Waals surface area contributed by atoms with Gasteiger partial charge in [-0.2, -0.15) is 0 Å². The maximum Gasteiger partial charge on any atom is 0.216 e. The van der Waals surface area contributed by atoms with E-state index >= 15 is 0 Å². The van der Waals surface area contributed by atoms with Crippen LogP contribution in [0.5, 0.6) is 0 Å². The van der Waals surface area contributed by atoms with E-state index in [9.17, 15) is 5.11 Å². The second kappa shape index (κ2) is 10.4. The van der Waals surface area contributed by atoms with E-state index < -0.39 is 0 Å². The average Bonchev–Trinajstić information content (AvgIpc) is 2.98. The summed E-state index contributed by atoms with van der Waals surface area (Å²) < 4.78 is 5.79. The molecule has 0 bridgehead atoms. The number of hydrogen-bond acceptors (Lipinski definition) is 4. The molecular formula is C19H36N4O2. The molecule has 0 fully saturated rings. The number of nitrogens with one attached hydrogen (secondary N) is 2. The summed E-state index contributed by atoms with van der Waals surface area (Å²) in [5, 5.41) is 15.9. The second-order valence-corrected chi connectivity index (χ2v) is 7.95. The first-order valence-electron chi connectivity index (χ1n) is 9.34. The van der Waals surface area contributed by atoms with Crippen molar-refractivity contribution in [3.63, 3.8) is 0 Å². The summed E-state index contributed by atoms with van der Waals surface area (Å²) in [4.78, 5) is 8.88. The van der Waals surface area contributed by atoms with Crippen molar-refractivity contribution < 1.29 is 9.52 Å². The molecular weight excluding hydrogens is 316 g/mol. The van der Waals surface area contributed by atoms with Crippen LogP contribution in [0.25, 0.3) is 0 Å². The number of aliphatic imine (C=N–C) groups is 1. The molecule has 1 unspecified atom stereocenters. The largest absolute Gasteiger partial charge is 0.443 e. The van der Waals surface area contributed by atoms with Crippen molar-refractivity contribution in [3.8, 4) is 0 Å². The third-order valence-corrected chi connectivity index (χ3v) is 3.91. The topological polar surface area (TPSA) is 82.7 Å². The minimum absolute atomic E-state index is 0.0495. The summed E-state index contributed by atoms with van der Waals surface area (Å²) in [6, 6.07) is 0. The number of nitrogens with zero attached hydrogens (tertiary/aromatic N) is 2. The number of aliphatic hydroxyl groups is 1. The quantitative estimate of drug-likeness (QED) is 0.470. The third-order valence-electron chi connectivity index (χ3n) is 3.91. The zero-order valence-corrected chi connectivity index (χ0v) is 16.7. The molecule has 3 N–H and O–H groups in total. The van der Waals surface area contributed by atoms with Gasteiger partial charge in [-0.25, -0.2) is 9.98 Å². The van der Waals surface area contributed by atoms with E-state index in [0.29, 0.717) is 24.3 Å². The van der Waals surface area contributed by atoms with Crippen molar-refractivity contribution in [2.75, 3.05) is 19.7 Å². The number of oxazole rings is 1. The van der Waals surface area contributed by atoms with Gasteiger partial charge in [0.25, 0.3) is 0 Å². The van der Waals surface area contributed by atoms with Crippen molar-refractivity contribution >= 4 is 5.96 Å². The van der Waals surface area contributed by atoms with Gasteiger partial charge in [0.05, 0.1) is 6.20 Å². The van der Waals surface area contributed by atoms with Crippen LogP contribution < -0.4 is 10.6 Å². The highest BCUT2D eigenvalue weighted by atomic mass is 16.4. The maximum absolute atomic E-state index is 9.24. The van der Waals surface area contributed by atoms with Crippen LogP contribution in [0.3, 0.4) is 0 Å². The van der Waals surface area contributed by atoms with Gasteiger partial charge in [0.15, 0.2) is 5.96 Å². The van der Waals surface area contributed by atoms with Crippen molar-refractivity contribution in [2.45, 2.75) is 66.3 Å². The lowest BCUT2D eigenvalue weighted by molar-refractivity contribution is 0.243. The molecule has 0 spiro atoms. The molecule has 0 aromatic carbocycles. The van der Waals surface area contributed by atoms with Crippen molar-refractivity contribution in [1.29, 1.82) is 0 Å². The van der Waals surface area contributed by atoms with Crippen LogP contribution in [0.1, 0.15) is 66.0 Å².